The zero-order valence-corrected chi connectivity index (χ0v) is 13.0. The molecule has 1 N–H and O–H groups in total. The molecule has 0 aliphatic rings. The summed E-state index contributed by atoms with van der Waals surface area (Å²) in [6.07, 6.45) is 1.19. The molecule has 0 spiro atoms. The van der Waals surface area contributed by atoms with Crippen LogP contribution in [0.2, 0.25) is 0 Å². The first-order valence-corrected chi connectivity index (χ1v) is 7.57. The molecule has 3 heteroatoms. The third kappa shape index (κ3) is 4.98. The highest BCUT2D eigenvalue weighted by atomic mass is 79.9. The Morgan fingerprint density at radius 3 is 2.38 bits per heavy atom. The van der Waals surface area contributed by atoms with E-state index in [1.165, 1.54) is 15.1 Å². The standard InChI is InChI=1S/C13H22BrNS/c1-9(2)15-8-11(4)10(3)7-12-5-6-13(14)16-12/h5-6,9-11,15H,7-8H2,1-4H3. The van der Waals surface area contributed by atoms with Crippen LogP contribution in [0.15, 0.2) is 15.9 Å². The molecule has 1 aromatic heterocycles. The van der Waals surface area contributed by atoms with E-state index in [1.807, 2.05) is 11.3 Å². The molecule has 2 unspecified atom stereocenters. The highest BCUT2D eigenvalue weighted by molar-refractivity contribution is 9.11. The van der Waals surface area contributed by atoms with Crippen LogP contribution in [0.25, 0.3) is 0 Å². The van der Waals surface area contributed by atoms with Gasteiger partial charge in [0.2, 0.25) is 0 Å². The van der Waals surface area contributed by atoms with Gasteiger partial charge in [0.25, 0.3) is 0 Å². The maximum atomic E-state index is 3.52. The van der Waals surface area contributed by atoms with Gasteiger partial charge in [-0.2, -0.15) is 0 Å². The summed E-state index contributed by atoms with van der Waals surface area (Å²) in [6, 6.07) is 4.96. The van der Waals surface area contributed by atoms with Crippen LogP contribution in [0.3, 0.4) is 0 Å². The maximum Gasteiger partial charge on any atom is 0.0701 e. The summed E-state index contributed by atoms with van der Waals surface area (Å²) in [6.45, 7) is 10.2. The molecule has 1 rings (SSSR count). The predicted octanol–water partition coefficient (Wildman–Crippen LogP) is 4.32. The first-order chi connectivity index (χ1) is 7.49. The van der Waals surface area contributed by atoms with E-state index in [0.717, 1.165) is 18.4 Å². The summed E-state index contributed by atoms with van der Waals surface area (Å²) in [4.78, 5) is 1.48. The van der Waals surface area contributed by atoms with Crippen molar-refractivity contribution < 1.29 is 0 Å². The van der Waals surface area contributed by atoms with Crippen LogP contribution in [0.4, 0.5) is 0 Å². The largest absolute Gasteiger partial charge is 0.314 e. The van der Waals surface area contributed by atoms with E-state index in [4.69, 9.17) is 0 Å². The molecule has 1 aromatic rings. The smallest absolute Gasteiger partial charge is 0.0701 e. The molecule has 16 heavy (non-hydrogen) atoms. The molecule has 0 bridgehead atoms. The fourth-order valence-corrected chi connectivity index (χ4v) is 3.23. The lowest BCUT2D eigenvalue weighted by atomic mass is 9.92. The van der Waals surface area contributed by atoms with Gasteiger partial charge in [-0.3, -0.25) is 0 Å². The fraction of sp³-hybridized carbons (Fsp3) is 0.692. The predicted molar refractivity (Wildman–Crippen MR) is 77.2 cm³/mol. The third-order valence-corrected chi connectivity index (χ3v) is 4.62. The summed E-state index contributed by atoms with van der Waals surface area (Å²) < 4.78 is 1.24. The van der Waals surface area contributed by atoms with Crippen LogP contribution in [0, 0.1) is 11.8 Å². The number of hydrogen-bond acceptors (Lipinski definition) is 2. The Labute approximate surface area is 112 Å². The van der Waals surface area contributed by atoms with Crippen molar-refractivity contribution >= 4 is 27.3 Å². The van der Waals surface area contributed by atoms with Gasteiger partial charge in [-0.1, -0.05) is 27.7 Å². The van der Waals surface area contributed by atoms with Gasteiger partial charge in [-0.05, 0) is 52.9 Å². The first-order valence-electron chi connectivity index (χ1n) is 5.96. The number of thiophene rings is 1. The van der Waals surface area contributed by atoms with E-state index >= 15 is 0 Å². The zero-order valence-electron chi connectivity index (χ0n) is 10.6. The van der Waals surface area contributed by atoms with E-state index in [1.54, 1.807) is 0 Å². The number of nitrogens with one attached hydrogen (secondary N) is 1. The lowest BCUT2D eigenvalue weighted by molar-refractivity contribution is 0.355. The minimum atomic E-state index is 0.588. The van der Waals surface area contributed by atoms with Gasteiger partial charge in [0.1, 0.15) is 0 Å². The maximum absolute atomic E-state index is 3.52. The normalized spacial score (nSPS) is 15.4. The molecule has 0 aromatic carbocycles. The summed E-state index contributed by atoms with van der Waals surface area (Å²) in [5.41, 5.74) is 0. The van der Waals surface area contributed by atoms with Crippen molar-refractivity contribution in [2.24, 2.45) is 11.8 Å². The highest BCUT2D eigenvalue weighted by Gasteiger charge is 2.13. The first kappa shape index (κ1) is 14.2. The van der Waals surface area contributed by atoms with Crippen LogP contribution in [0.5, 0.6) is 0 Å². The van der Waals surface area contributed by atoms with Crippen molar-refractivity contribution in [3.8, 4) is 0 Å². The second-order valence-electron chi connectivity index (χ2n) is 4.93. The van der Waals surface area contributed by atoms with Crippen molar-refractivity contribution in [2.75, 3.05) is 6.54 Å². The van der Waals surface area contributed by atoms with Crippen molar-refractivity contribution in [1.82, 2.24) is 5.32 Å². The van der Waals surface area contributed by atoms with Crippen molar-refractivity contribution in [1.29, 1.82) is 0 Å². The molecule has 0 amide bonds. The van der Waals surface area contributed by atoms with E-state index < -0.39 is 0 Å². The Morgan fingerprint density at radius 2 is 1.88 bits per heavy atom. The average molecular weight is 304 g/mol. The van der Waals surface area contributed by atoms with Gasteiger partial charge in [0.05, 0.1) is 3.79 Å². The Balaban J connectivity index is 2.36. The second kappa shape index (κ2) is 6.77. The van der Waals surface area contributed by atoms with Crippen LogP contribution in [0.1, 0.15) is 32.6 Å². The molecular weight excluding hydrogens is 282 g/mol. The average Bonchev–Trinajstić information content (AvgIpc) is 2.60. The topological polar surface area (TPSA) is 12.0 Å². The SMILES string of the molecule is CC(C)NCC(C)C(C)Cc1ccc(Br)s1. The van der Waals surface area contributed by atoms with Crippen LogP contribution in [-0.2, 0) is 6.42 Å². The number of rotatable bonds is 6. The fourth-order valence-electron chi connectivity index (χ4n) is 1.60. The molecule has 2 atom stereocenters. The lowest BCUT2D eigenvalue weighted by Crippen LogP contribution is -2.30. The number of halogens is 1. The van der Waals surface area contributed by atoms with Crippen molar-refractivity contribution in [3.05, 3.63) is 20.8 Å². The zero-order chi connectivity index (χ0) is 12.1. The summed E-state index contributed by atoms with van der Waals surface area (Å²) in [7, 11) is 0. The molecule has 1 nitrogen and oxygen atoms in total. The molecule has 0 saturated carbocycles. The van der Waals surface area contributed by atoms with Crippen LogP contribution in [-0.4, -0.2) is 12.6 Å². The van der Waals surface area contributed by atoms with Crippen LogP contribution >= 0.6 is 27.3 Å². The molecule has 0 aliphatic heterocycles. The number of hydrogen-bond donors (Lipinski definition) is 1. The minimum Gasteiger partial charge on any atom is -0.314 e. The summed E-state index contributed by atoms with van der Waals surface area (Å²) in [5, 5.41) is 3.51. The molecule has 1 heterocycles. The van der Waals surface area contributed by atoms with Crippen molar-refractivity contribution in [2.45, 2.75) is 40.2 Å². The van der Waals surface area contributed by atoms with E-state index in [0.29, 0.717) is 6.04 Å². The monoisotopic (exact) mass is 303 g/mol. The molecule has 0 aliphatic carbocycles. The van der Waals surface area contributed by atoms with Crippen molar-refractivity contribution in [3.63, 3.8) is 0 Å². The van der Waals surface area contributed by atoms with Gasteiger partial charge >= 0.3 is 0 Å². The van der Waals surface area contributed by atoms with Gasteiger partial charge < -0.3 is 5.32 Å². The molecular formula is C13H22BrNS. The third-order valence-electron chi connectivity index (χ3n) is 2.97. The van der Waals surface area contributed by atoms with E-state index in [9.17, 15) is 0 Å². The van der Waals surface area contributed by atoms with E-state index in [-0.39, 0.29) is 0 Å². The molecule has 0 fully saturated rings. The molecule has 0 saturated heterocycles. The van der Waals surface area contributed by atoms with Gasteiger partial charge in [-0.25, -0.2) is 0 Å². The Hall–Kier alpha value is 0.140. The highest BCUT2D eigenvalue weighted by Crippen LogP contribution is 2.26. The molecule has 92 valence electrons. The van der Waals surface area contributed by atoms with E-state index in [2.05, 4.69) is 61.1 Å². The van der Waals surface area contributed by atoms with Gasteiger partial charge in [0, 0.05) is 10.9 Å². The lowest BCUT2D eigenvalue weighted by Gasteiger charge is -2.21. The Bertz CT molecular complexity index is 309. The minimum absolute atomic E-state index is 0.588. The Kier molecular flexibility index (Phi) is 6.01. The van der Waals surface area contributed by atoms with Gasteiger partial charge in [-0.15, -0.1) is 11.3 Å². The Morgan fingerprint density at radius 1 is 1.19 bits per heavy atom. The quantitative estimate of drug-likeness (QED) is 0.825. The summed E-state index contributed by atoms with van der Waals surface area (Å²) in [5.74, 6) is 1.46. The molecule has 0 radical (unpaired) electrons. The van der Waals surface area contributed by atoms with Crippen LogP contribution < -0.4 is 5.32 Å². The summed E-state index contributed by atoms with van der Waals surface area (Å²) >= 11 is 5.37. The van der Waals surface area contributed by atoms with Gasteiger partial charge in [0.15, 0.2) is 0 Å². The second-order valence-corrected chi connectivity index (χ2v) is 7.48.